The maximum atomic E-state index is 15.9. The Hall–Kier alpha value is -1.48. The highest BCUT2D eigenvalue weighted by atomic mass is 32.1. The van der Waals surface area contributed by atoms with Crippen LogP contribution in [0.3, 0.4) is 0 Å². The summed E-state index contributed by atoms with van der Waals surface area (Å²) in [5.41, 5.74) is 7.23. The van der Waals surface area contributed by atoms with Gasteiger partial charge in [0.25, 0.3) is 0 Å². The highest BCUT2D eigenvalue weighted by molar-refractivity contribution is 7.18. The Balaban J connectivity index is 1.88. The Kier molecular flexibility index (Phi) is 9.69. The van der Waals surface area contributed by atoms with Gasteiger partial charge >= 0.3 is 7.12 Å². The maximum absolute atomic E-state index is 15.9. The molecule has 3 heterocycles. The van der Waals surface area contributed by atoms with Crippen LogP contribution in [-0.2, 0) is 20.8 Å². The monoisotopic (exact) mass is 614 g/mol. The number of rotatable bonds is 9. The predicted molar refractivity (Wildman–Crippen MR) is 178 cm³/mol. The van der Waals surface area contributed by atoms with Crippen LogP contribution in [0.15, 0.2) is 12.3 Å². The number of nitrogens with zero attached hydrogens (tertiary/aromatic N) is 2. The molecule has 4 rings (SSSR count). The van der Waals surface area contributed by atoms with Gasteiger partial charge in [0.1, 0.15) is 14.8 Å². The zero-order valence-corrected chi connectivity index (χ0v) is 29.7. The number of benzene rings is 1. The maximum Gasteiger partial charge on any atom is 0.495 e. The fourth-order valence-electron chi connectivity index (χ4n) is 6.25. The fraction of sp³-hybridized carbons (Fsp3) is 0.645. The van der Waals surface area contributed by atoms with Gasteiger partial charge in [0, 0.05) is 54.2 Å². The molecule has 0 radical (unpaired) electrons. The molecule has 0 aliphatic carbocycles. The normalized spacial score (nSPS) is 16.4. The van der Waals surface area contributed by atoms with E-state index in [0.717, 1.165) is 43.8 Å². The van der Waals surface area contributed by atoms with Crippen LogP contribution in [0.2, 0.25) is 42.3 Å². The summed E-state index contributed by atoms with van der Waals surface area (Å²) in [4.78, 5) is 0. The largest absolute Gasteiger partial charge is 0.495 e. The van der Waals surface area contributed by atoms with Gasteiger partial charge in [0.15, 0.2) is 5.13 Å². The zero-order chi connectivity index (χ0) is 30.3. The summed E-state index contributed by atoms with van der Waals surface area (Å²) >= 11 is 1.15. The molecule has 2 aromatic heterocycles. The number of ether oxygens (including phenoxy) is 1. The van der Waals surface area contributed by atoms with Gasteiger partial charge < -0.3 is 14.0 Å². The van der Waals surface area contributed by atoms with Crippen LogP contribution in [0.25, 0.3) is 21.0 Å². The van der Waals surface area contributed by atoms with Gasteiger partial charge in [-0.3, -0.25) is 0 Å². The van der Waals surface area contributed by atoms with Crippen LogP contribution < -0.4 is 5.46 Å². The van der Waals surface area contributed by atoms with Crippen molar-refractivity contribution in [3.05, 3.63) is 23.0 Å². The van der Waals surface area contributed by atoms with Crippen LogP contribution in [-0.4, -0.2) is 52.9 Å². The summed E-state index contributed by atoms with van der Waals surface area (Å²) < 4.78 is 37.3. The van der Waals surface area contributed by atoms with Gasteiger partial charge in [0.05, 0.1) is 17.3 Å². The van der Waals surface area contributed by atoms with Crippen LogP contribution in [0.1, 0.15) is 61.0 Å². The Morgan fingerprint density at radius 2 is 1.71 bits per heavy atom. The van der Waals surface area contributed by atoms with E-state index < -0.39 is 23.3 Å². The van der Waals surface area contributed by atoms with Gasteiger partial charge in [0.2, 0.25) is 0 Å². The van der Waals surface area contributed by atoms with E-state index in [9.17, 15) is 0 Å². The van der Waals surface area contributed by atoms with E-state index >= 15 is 4.39 Å². The van der Waals surface area contributed by atoms with Crippen molar-refractivity contribution >= 4 is 61.1 Å². The average Bonchev–Trinajstić information content (AvgIpc) is 3.39. The van der Waals surface area contributed by atoms with Gasteiger partial charge in [-0.15, -0.1) is 16.9 Å². The van der Waals surface area contributed by atoms with E-state index in [2.05, 4.69) is 86.5 Å². The minimum Gasteiger partial charge on any atom is -0.407 e. The average molecular weight is 615 g/mol. The molecule has 1 aliphatic rings. The van der Waals surface area contributed by atoms with Gasteiger partial charge in [-0.05, 0) is 28.7 Å². The zero-order valence-electron chi connectivity index (χ0n) is 26.9. The van der Waals surface area contributed by atoms with E-state index in [-0.39, 0.29) is 10.5 Å². The number of hydrogen-bond acceptors (Lipinski definition) is 5. The third-order valence-electron chi connectivity index (χ3n) is 8.57. The molecule has 224 valence electrons. The molecule has 1 aliphatic heterocycles. The van der Waals surface area contributed by atoms with Crippen molar-refractivity contribution < 1.29 is 18.4 Å². The number of hydrogen-bond donors (Lipinski definition) is 0. The van der Waals surface area contributed by atoms with Crippen molar-refractivity contribution in [3.63, 3.8) is 0 Å². The van der Waals surface area contributed by atoms with Crippen LogP contribution >= 0.6 is 11.3 Å². The van der Waals surface area contributed by atoms with Crippen molar-refractivity contribution in [1.82, 2.24) is 9.78 Å². The summed E-state index contributed by atoms with van der Waals surface area (Å²) in [6.45, 7) is 27.1. The van der Waals surface area contributed by atoms with Gasteiger partial charge in [-0.2, -0.15) is 9.49 Å². The van der Waals surface area contributed by atoms with Crippen molar-refractivity contribution in [3.8, 4) is 11.5 Å². The second kappa shape index (κ2) is 12.3. The molecule has 1 aromatic carbocycles. The lowest BCUT2D eigenvalue weighted by Gasteiger charge is -2.38. The van der Waals surface area contributed by atoms with E-state index in [1.165, 1.54) is 0 Å². The number of halogens is 1. The molecular formula is C31H48BFN2O3SSi2. The summed E-state index contributed by atoms with van der Waals surface area (Å²) in [6.07, 6.45) is 1.85. The summed E-state index contributed by atoms with van der Waals surface area (Å²) in [5.74, 6) is 3.43. The van der Waals surface area contributed by atoms with Crippen molar-refractivity contribution in [2.24, 2.45) is 5.41 Å². The predicted octanol–water partition coefficient (Wildman–Crippen LogP) is 8.04. The highest BCUT2D eigenvalue weighted by Crippen LogP contribution is 2.41. The van der Waals surface area contributed by atoms with Gasteiger partial charge in [-0.25, -0.2) is 4.68 Å². The van der Waals surface area contributed by atoms with E-state index in [4.69, 9.17) is 19.1 Å². The molecule has 1 saturated heterocycles. The van der Waals surface area contributed by atoms with Crippen molar-refractivity contribution in [2.75, 3.05) is 19.8 Å². The summed E-state index contributed by atoms with van der Waals surface area (Å²) in [7, 11) is -3.88. The molecule has 0 saturated carbocycles. The summed E-state index contributed by atoms with van der Waals surface area (Å²) in [6, 6.07) is 3.13. The molecular weight excluding hydrogens is 566 g/mol. The second-order valence-electron chi connectivity index (χ2n) is 14.6. The van der Waals surface area contributed by atoms with E-state index in [1.807, 2.05) is 16.9 Å². The smallest absolute Gasteiger partial charge is 0.407 e. The Morgan fingerprint density at radius 3 is 2.27 bits per heavy atom. The standard InChI is InChI=1S/C31H48BFN2O3SSi2/c1-21(2)41(22(3)4,23(5)6)14-12-24-28-27(39-30(24)33)16-26-25(29(28)32-37-18-31(7,8)19-38-32)17-34-35(26)20-36-13-15-40(9,10)11/h16-17,21-23H,13,15,18-20H2,1-11H3. The minimum atomic E-state index is -2.07. The Bertz CT molecular complexity index is 1420. The molecule has 0 unspecified atom stereocenters. The quantitative estimate of drug-likeness (QED) is 0.139. The molecule has 5 nitrogen and oxygen atoms in total. The SMILES string of the molecule is CC(C)[Si](C#Cc1c(F)sc2cc3c(cnn3COCC[Si](C)(C)C)c(B3OCC(C)(C)CO3)c12)(C(C)C)C(C)C. The van der Waals surface area contributed by atoms with Crippen molar-refractivity contribution in [2.45, 2.75) is 104 Å². The number of thiophene rings is 1. The summed E-state index contributed by atoms with van der Waals surface area (Å²) in [5, 5.41) is 6.15. The lowest BCUT2D eigenvalue weighted by Crippen LogP contribution is -2.48. The third kappa shape index (κ3) is 6.71. The van der Waals surface area contributed by atoms with E-state index in [1.54, 1.807) is 0 Å². The molecule has 0 amide bonds. The molecule has 10 heteroatoms. The molecule has 0 N–H and O–H groups in total. The first-order valence-electron chi connectivity index (χ1n) is 15.0. The molecule has 0 bridgehead atoms. The lowest BCUT2D eigenvalue weighted by atomic mass is 9.72. The molecule has 41 heavy (non-hydrogen) atoms. The fourth-order valence-corrected chi connectivity index (χ4v) is 13.2. The van der Waals surface area contributed by atoms with Crippen LogP contribution in [0, 0.1) is 22.0 Å². The molecule has 1 fully saturated rings. The van der Waals surface area contributed by atoms with Crippen molar-refractivity contribution in [1.29, 1.82) is 0 Å². The Morgan fingerprint density at radius 1 is 1.10 bits per heavy atom. The minimum absolute atomic E-state index is 0.0859. The molecule has 0 atom stereocenters. The van der Waals surface area contributed by atoms with Crippen LogP contribution in [0.4, 0.5) is 4.39 Å². The molecule has 3 aromatic rings. The van der Waals surface area contributed by atoms with E-state index in [0.29, 0.717) is 48.7 Å². The number of aromatic nitrogens is 2. The third-order valence-corrected chi connectivity index (χ3v) is 17.5. The lowest BCUT2D eigenvalue weighted by molar-refractivity contribution is 0.0345. The molecule has 0 spiro atoms. The Labute approximate surface area is 252 Å². The first kappa shape index (κ1) is 32.4. The van der Waals surface area contributed by atoms with Crippen LogP contribution in [0.5, 0.6) is 0 Å². The van der Waals surface area contributed by atoms with Gasteiger partial charge in [-0.1, -0.05) is 81.0 Å². The topological polar surface area (TPSA) is 45.5 Å². The first-order chi connectivity index (χ1) is 19.1. The first-order valence-corrected chi connectivity index (χ1v) is 21.8. The highest BCUT2D eigenvalue weighted by Gasteiger charge is 2.42. The number of fused-ring (bicyclic) bond motifs is 2. The second-order valence-corrected chi connectivity index (χ2v) is 26.8.